The predicted molar refractivity (Wildman–Crippen MR) is 105 cm³/mol. The van der Waals surface area contributed by atoms with Crippen molar-refractivity contribution in [3.63, 3.8) is 0 Å². The largest absolute Gasteiger partial charge is 0.483 e. The molecule has 0 aliphatic heterocycles. The molecule has 5 heteroatoms. The minimum absolute atomic E-state index is 0.0902. The third-order valence-electron chi connectivity index (χ3n) is 4.31. The summed E-state index contributed by atoms with van der Waals surface area (Å²) < 4.78 is 11.4. The van der Waals surface area contributed by atoms with Crippen LogP contribution in [0, 0.1) is 6.92 Å². The summed E-state index contributed by atoms with van der Waals surface area (Å²) in [6, 6.07) is 19.6. The van der Waals surface area contributed by atoms with Crippen molar-refractivity contribution in [2.75, 3.05) is 11.9 Å². The number of anilines is 1. The van der Waals surface area contributed by atoms with E-state index in [1.807, 2.05) is 37.3 Å². The highest BCUT2D eigenvalue weighted by molar-refractivity contribution is 5.96. The minimum atomic E-state index is -0.291. The molecule has 0 aliphatic carbocycles. The van der Waals surface area contributed by atoms with Crippen molar-refractivity contribution >= 4 is 33.5 Å². The number of hydrogen-bond acceptors (Lipinski definition) is 4. The summed E-state index contributed by atoms with van der Waals surface area (Å²) >= 11 is 0. The predicted octanol–water partition coefficient (Wildman–Crippen LogP) is 4.27. The van der Waals surface area contributed by atoms with Crippen molar-refractivity contribution in [3.8, 4) is 5.75 Å². The molecule has 27 heavy (non-hydrogen) atoms. The molecule has 4 aromatic rings. The van der Waals surface area contributed by atoms with Crippen LogP contribution in [0.15, 0.2) is 75.9 Å². The summed E-state index contributed by atoms with van der Waals surface area (Å²) in [6.45, 7) is 1.81. The molecule has 1 aromatic heterocycles. The second kappa shape index (κ2) is 6.96. The molecule has 0 saturated carbocycles. The number of ether oxygens (including phenoxy) is 1. The number of nitrogens with one attached hydrogen (secondary N) is 1. The van der Waals surface area contributed by atoms with Crippen molar-refractivity contribution in [1.82, 2.24) is 0 Å². The highest BCUT2D eigenvalue weighted by Gasteiger charge is 2.10. The number of fused-ring (bicyclic) bond motifs is 2. The molecule has 0 saturated heterocycles. The molecule has 1 N–H and O–H groups in total. The van der Waals surface area contributed by atoms with Crippen LogP contribution in [0.2, 0.25) is 0 Å². The fourth-order valence-corrected chi connectivity index (χ4v) is 2.94. The van der Waals surface area contributed by atoms with Crippen LogP contribution < -0.4 is 15.5 Å². The topological polar surface area (TPSA) is 68.5 Å². The summed E-state index contributed by atoms with van der Waals surface area (Å²) in [7, 11) is 0. The number of hydrogen-bond donors (Lipinski definition) is 1. The second-order valence-electron chi connectivity index (χ2n) is 6.24. The first-order chi connectivity index (χ1) is 13.1. The highest BCUT2D eigenvalue weighted by atomic mass is 16.5. The van der Waals surface area contributed by atoms with Gasteiger partial charge in [-0.15, -0.1) is 0 Å². The molecule has 4 rings (SSSR count). The van der Waals surface area contributed by atoms with Gasteiger partial charge in [0.1, 0.15) is 16.9 Å². The van der Waals surface area contributed by atoms with Gasteiger partial charge >= 0.3 is 0 Å². The van der Waals surface area contributed by atoms with Gasteiger partial charge in [0.15, 0.2) is 6.61 Å². The van der Waals surface area contributed by atoms with E-state index < -0.39 is 0 Å². The average molecular weight is 359 g/mol. The Bertz CT molecular complexity index is 1210. The van der Waals surface area contributed by atoms with Gasteiger partial charge in [0.05, 0.1) is 10.8 Å². The molecule has 134 valence electrons. The Morgan fingerprint density at radius 2 is 1.70 bits per heavy atom. The molecule has 3 aromatic carbocycles. The van der Waals surface area contributed by atoms with Gasteiger partial charge in [-0.3, -0.25) is 9.59 Å². The molecule has 0 aliphatic rings. The Kier molecular flexibility index (Phi) is 4.34. The first-order valence-corrected chi connectivity index (χ1v) is 8.56. The van der Waals surface area contributed by atoms with Crippen LogP contribution in [0.25, 0.3) is 21.9 Å². The SMILES string of the molecule is Cc1ccccc1OCC(=O)Nc1ccc2c(=O)c3ccccc3oc2c1. The Labute approximate surface area is 155 Å². The van der Waals surface area contributed by atoms with E-state index in [9.17, 15) is 9.59 Å². The highest BCUT2D eigenvalue weighted by Crippen LogP contribution is 2.22. The Balaban J connectivity index is 1.55. The van der Waals surface area contributed by atoms with Crippen LogP contribution in [0.4, 0.5) is 5.69 Å². The summed E-state index contributed by atoms with van der Waals surface area (Å²) in [4.78, 5) is 24.7. The van der Waals surface area contributed by atoms with Crippen LogP contribution >= 0.6 is 0 Å². The van der Waals surface area contributed by atoms with Crippen LogP contribution in [0.3, 0.4) is 0 Å². The van der Waals surface area contributed by atoms with E-state index >= 15 is 0 Å². The number of aryl methyl sites for hydroxylation is 1. The molecule has 5 nitrogen and oxygen atoms in total. The van der Waals surface area contributed by atoms with Gasteiger partial charge in [-0.1, -0.05) is 30.3 Å². The van der Waals surface area contributed by atoms with Crippen LogP contribution in [-0.4, -0.2) is 12.5 Å². The fraction of sp³-hybridized carbons (Fsp3) is 0.0909. The zero-order valence-electron chi connectivity index (χ0n) is 14.7. The van der Waals surface area contributed by atoms with E-state index in [4.69, 9.17) is 9.15 Å². The van der Waals surface area contributed by atoms with Crippen molar-refractivity contribution in [3.05, 3.63) is 82.5 Å². The normalized spacial score (nSPS) is 10.9. The quantitative estimate of drug-likeness (QED) is 0.553. The maximum absolute atomic E-state index is 12.5. The standard InChI is InChI=1S/C22H17NO4/c1-14-6-2-4-8-18(14)26-13-21(24)23-15-10-11-17-20(12-15)27-19-9-5-3-7-16(19)22(17)25/h2-12H,13H2,1H3,(H,23,24). The first-order valence-electron chi connectivity index (χ1n) is 8.56. The van der Waals surface area contributed by atoms with Crippen molar-refractivity contribution in [2.24, 2.45) is 0 Å². The number of carbonyl (C=O) groups is 1. The fourth-order valence-electron chi connectivity index (χ4n) is 2.94. The third kappa shape index (κ3) is 3.40. The van der Waals surface area contributed by atoms with Gasteiger partial charge in [-0.2, -0.15) is 0 Å². The molecule has 0 fully saturated rings. The maximum atomic E-state index is 12.5. The third-order valence-corrected chi connectivity index (χ3v) is 4.31. The van der Waals surface area contributed by atoms with Crippen LogP contribution in [0.1, 0.15) is 5.56 Å². The van der Waals surface area contributed by atoms with E-state index in [1.54, 1.807) is 36.4 Å². The zero-order valence-corrected chi connectivity index (χ0v) is 14.7. The van der Waals surface area contributed by atoms with E-state index in [2.05, 4.69) is 5.32 Å². The molecular weight excluding hydrogens is 342 g/mol. The monoisotopic (exact) mass is 359 g/mol. The van der Waals surface area contributed by atoms with Gasteiger partial charge < -0.3 is 14.5 Å². The second-order valence-corrected chi connectivity index (χ2v) is 6.24. The lowest BCUT2D eigenvalue weighted by atomic mass is 10.1. The molecule has 0 radical (unpaired) electrons. The Hall–Kier alpha value is -3.60. The zero-order chi connectivity index (χ0) is 18.8. The van der Waals surface area contributed by atoms with Gasteiger partial charge in [-0.05, 0) is 42.8 Å². The average Bonchev–Trinajstić information content (AvgIpc) is 2.67. The van der Waals surface area contributed by atoms with Crippen molar-refractivity contribution < 1.29 is 13.9 Å². The molecule has 1 amide bonds. The van der Waals surface area contributed by atoms with Crippen LogP contribution in [0.5, 0.6) is 5.75 Å². The van der Waals surface area contributed by atoms with Gasteiger partial charge in [0, 0.05) is 11.8 Å². The van der Waals surface area contributed by atoms with E-state index in [-0.39, 0.29) is 17.9 Å². The van der Waals surface area contributed by atoms with E-state index in [0.717, 1.165) is 5.56 Å². The lowest BCUT2D eigenvalue weighted by Gasteiger charge is -2.10. The molecule has 1 heterocycles. The van der Waals surface area contributed by atoms with Crippen LogP contribution in [-0.2, 0) is 4.79 Å². The molecular formula is C22H17NO4. The number of benzene rings is 3. The number of carbonyl (C=O) groups excluding carboxylic acids is 1. The van der Waals surface area contributed by atoms with Crippen molar-refractivity contribution in [1.29, 1.82) is 0 Å². The van der Waals surface area contributed by atoms with E-state index in [0.29, 0.717) is 33.4 Å². The Morgan fingerprint density at radius 1 is 0.963 bits per heavy atom. The van der Waals surface area contributed by atoms with Gasteiger partial charge in [0.2, 0.25) is 5.43 Å². The van der Waals surface area contributed by atoms with Gasteiger partial charge in [-0.25, -0.2) is 0 Å². The molecule has 0 unspecified atom stereocenters. The number of amides is 1. The Morgan fingerprint density at radius 3 is 2.56 bits per heavy atom. The molecule has 0 bridgehead atoms. The first kappa shape index (κ1) is 16.8. The summed E-state index contributed by atoms with van der Waals surface area (Å²) in [5.41, 5.74) is 2.36. The number of para-hydroxylation sites is 2. The minimum Gasteiger partial charge on any atom is -0.483 e. The lowest BCUT2D eigenvalue weighted by molar-refractivity contribution is -0.118. The van der Waals surface area contributed by atoms with Crippen molar-refractivity contribution in [2.45, 2.75) is 6.92 Å². The number of rotatable bonds is 4. The van der Waals surface area contributed by atoms with E-state index in [1.165, 1.54) is 0 Å². The van der Waals surface area contributed by atoms with Gasteiger partial charge in [0.25, 0.3) is 5.91 Å². The smallest absolute Gasteiger partial charge is 0.262 e. The lowest BCUT2D eigenvalue weighted by Crippen LogP contribution is -2.20. The summed E-state index contributed by atoms with van der Waals surface area (Å²) in [5, 5.41) is 3.78. The summed E-state index contributed by atoms with van der Waals surface area (Å²) in [6.07, 6.45) is 0. The molecule has 0 atom stereocenters. The summed E-state index contributed by atoms with van der Waals surface area (Å²) in [5.74, 6) is 0.379. The molecule has 0 spiro atoms. The maximum Gasteiger partial charge on any atom is 0.262 e.